The number of amides is 2. The van der Waals surface area contributed by atoms with Gasteiger partial charge in [-0.2, -0.15) is 0 Å². The highest BCUT2D eigenvalue weighted by molar-refractivity contribution is 7.92. The first-order chi connectivity index (χ1) is 20.5. The molecule has 230 valence electrons. The molecule has 0 aliphatic carbocycles. The van der Waals surface area contributed by atoms with Gasteiger partial charge in [0.15, 0.2) is 11.5 Å². The maximum atomic E-state index is 14.2. The number of rotatable bonds is 12. The van der Waals surface area contributed by atoms with Crippen LogP contribution in [0.25, 0.3) is 0 Å². The Kier molecular flexibility index (Phi) is 10.8. The maximum Gasteiger partial charge on any atom is 0.244 e. The molecule has 1 N–H and O–H groups in total. The van der Waals surface area contributed by atoms with Gasteiger partial charge in [0.25, 0.3) is 0 Å². The molecule has 0 spiro atoms. The second kappa shape index (κ2) is 14.3. The van der Waals surface area contributed by atoms with Gasteiger partial charge < -0.3 is 19.7 Å². The monoisotopic (exact) mass is 647 g/mol. The van der Waals surface area contributed by atoms with Crippen LogP contribution in [0.3, 0.4) is 0 Å². The van der Waals surface area contributed by atoms with Gasteiger partial charge in [-0.3, -0.25) is 13.9 Å². The van der Waals surface area contributed by atoms with Crippen LogP contribution in [0.4, 0.5) is 5.69 Å². The molecule has 0 aromatic heterocycles. The Balaban J connectivity index is 1.75. The van der Waals surface area contributed by atoms with Crippen molar-refractivity contribution in [2.75, 3.05) is 30.3 Å². The zero-order valence-electron chi connectivity index (χ0n) is 24.3. The Morgan fingerprint density at radius 1 is 0.930 bits per heavy atom. The van der Waals surface area contributed by atoms with Crippen LogP contribution in [-0.4, -0.2) is 63.2 Å². The minimum absolute atomic E-state index is 0.0140. The minimum Gasteiger partial charge on any atom is -0.486 e. The fourth-order valence-corrected chi connectivity index (χ4v) is 5.79. The first-order valence-electron chi connectivity index (χ1n) is 13.9. The van der Waals surface area contributed by atoms with E-state index in [4.69, 9.17) is 32.7 Å². The highest BCUT2D eigenvalue weighted by atomic mass is 35.5. The molecule has 2 amide bonds. The van der Waals surface area contributed by atoms with Gasteiger partial charge in [-0.15, -0.1) is 0 Å². The van der Waals surface area contributed by atoms with Crippen LogP contribution in [0.15, 0.2) is 66.7 Å². The zero-order chi connectivity index (χ0) is 31.1. The first kappa shape index (κ1) is 32.4. The molecule has 2 atom stereocenters. The molecule has 3 aromatic rings. The molecule has 0 saturated carbocycles. The standard InChI is InChI=1S/C31H35Cl2N3O6S/c1-4-21(2)34-31(38)27(17-22-8-6-5-7-9-22)35(19-23-10-12-25(32)26(33)16-23)30(37)20-36(43(3,39)40)24-11-13-28-29(18-24)42-15-14-41-28/h5-13,16,18,21,27H,4,14-15,17,19-20H2,1-3H3,(H,34,38). The fourth-order valence-electron chi connectivity index (χ4n) is 4.63. The zero-order valence-corrected chi connectivity index (χ0v) is 26.6. The first-order valence-corrected chi connectivity index (χ1v) is 16.5. The topological polar surface area (TPSA) is 105 Å². The lowest BCUT2D eigenvalue weighted by molar-refractivity contribution is -0.140. The van der Waals surface area contributed by atoms with Gasteiger partial charge in [0, 0.05) is 25.1 Å². The third kappa shape index (κ3) is 8.55. The van der Waals surface area contributed by atoms with Crippen molar-refractivity contribution in [3.63, 3.8) is 0 Å². The molecule has 12 heteroatoms. The lowest BCUT2D eigenvalue weighted by atomic mass is 10.0. The molecule has 0 fully saturated rings. The van der Waals surface area contributed by atoms with Crippen molar-refractivity contribution in [3.05, 3.63) is 87.9 Å². The third-order valence-electron chi connectivity index (χ3n) is 7.10. The molecular formula is C31H35Cl2N3O6S. The van der Waals surface area contributed by atoms with Crippen LogP contribution in [0.5, 0.6) is 11.5 Å². The average Bonchev–Trinajstić information content (AvgIpc) is 2.98. The molecular weight excluding hydrogens is 613 g/mol. The second-order valence-corrected chi connectivity index (χ2v) is 13.1. The van der Waals surface area contributed by atoms with Crippen molar-refractivity contribution in [1.82, 2.24) is 10.2 Å². The van der Waals surface area contributed by atoms with Crippen LogP contribution < -0.4 is 19.1 Å². The van der Waals surface area contributed by atoms with Crippen LogP contribution in [0.1, 0.15) is 31.4 Å². The molecule has 9 nitrogen and oxygen atoms in total. The van der Waals surface area contributed by atoms with Gasteiger partial charge in [-0.1, -0.05) is 66.5 Å². The highest BCUT2D eigenvalue weighted by Gasteiger charge is 2.34. The average molecular weight is 649 g/mol. The molecule has 4 rings (SSSR count). The van der Waals surface area contributed by atoms with Gasteiger partial charge in [-0.05, 0) is 48.7 Å². The van der Waals surface area contributed by atoms with E-state index in [9.17, 15) is 18.0 Å². The summed E-state index contributed by atoms with van der Waals surface area (Å²) in [5, 5.41) is 3.64. The van der Waals surface area contributed by atoms with Gasteiger partial charge in [-0.25, -0.2) is 8.42 Å². The van der Waals surface area contributed by atoms with E-state index in [0.29, 0.717) is 46.7 Å². The summed E-state index contributed by atoms with van der Waals surface area (Å²) in [5.41, 5.74) is 1.70. The molecule has 3 aromatic carbocycles. The molecule has 1 heterocycles. The van der Waals surface area contributed by atoms with Gasteiger partial charge in [0.2, 0.25) is 21.8 Å². The Morgan fingerprint density at radius 3 is 2.28 bits per heavy atom. The number of carbonyl (C=O) groups is 2. The van der Waals surface area contributed by atoms with Gasteiger partial charge in [0.05, 0.1) is 22.0 Å². The van der Waals surface area contributed by atoms with Crippen LogP contribution in [-0.2, 0) is 32.6 Å². The Hall–Kier alpha value is -3.47. The summed E-state index contributed by atoms with van der Waals surface area (Å²) in [4.78, 5) is 29.4. The summed E-state index contributed by atoms with van der Waals surface area (Å²) in [6, 6.07) is 17.9. The quantitative estimate of drug-likeness (QED) is 0.294. The van der Waals surface area contributed by atoms with E-state index in [-0.39, 0.29) is 30.6 Å². The predicted molar refractivity (Wildman–Crippen MR) is 168 cm³/mol. The van der Waals surface area contributed by atoms with E-state index in [2.05, 4.69) is 5.32 Å². The number of anilines is 1. The van der Waals surface area contributed by atoms with Crippen LogP contribution in [0.2, 0.25) is 10.0 Å². The summed E-state index contributed by atoms with van der Waals surface area (Å²) in [7, 11) is -3.94. The molecule has 2 unspecified atom stereocenters. The lowest BCUT2D eigenvalue weighted by Crippen LogP contribution is -2.54. The minimum atomic E-state index is -3.94. The largest absolute Gasteiger partial charge is 0.486 e. The lowest BCUT2D eigenvalue weighted by Gasteiger charge is -2.34. The number of nitrogens with zero attached hydrogens (tertiary/aromatic N) is 2. The second-order valence-electron chi connectivity index (χ2n) is 10.4. The fraction of sp³-hybridized carbons (Fsp3) is 0.355. The summed E-state index contributed by atoms with van der Waals surface area (Å²) < 4.78 is 38.3. The number of halogens is 2. The van der Waals surface area contributed by atoms with Gasteiger partial charge >= 0.3 is 0 Å². The van der Waals surface area contributed by atoms with E-state index in [0.717, 1.165) is 16.1 Å². The summed E-state index contributed by atoms with van der Waals surface area (Å²) in [6.07, 6.45) is 1.92. The Labute approximate surface area is 262 Å². The Morgan fingerprint density at radius 2 is 1.63 bits per heavy atom. The number of fused-ring (bicyclic) bond motifs is 1. The maximum absolute atomic E-state index is 14.2. The number of carbonyl (C=O) groups excluding carboxylic acids is 2. The van der Waals surface area contributed by atoms with Crippen molar-refractivity contribution in [1.29, 1.82) is 0 Å². The van der Waals surface area contributed by atoms with E-state index < -0.39 is 28.5 Å². The highest BCUT2D eigenvalue weighted by Crippen LogP contribution is 2.35. The number of hydrogen-bond donors (Lipinski definition) is 1. The molecule has 0 radical (unpaired) electrons. The number of sulfonamides is 1. The van der Waals surface area contributed by atoms with Crippen molar-refractivity contribution in [2.24, 2.45) is 0 Å². The smallest absolute Gasteiger partial charge is 0.244 e. The van der Waals surface area contributed by atoms with Gasteiger partial charge in [0.1, 0.15) is 25.8 Å². The van der Waals surface area contributed by atoms with Crippen LogP contribution >= 0.6 is 23.2 Å². The van der Waals surface area contributed by atoms with Crippen molar-refractivity contribution in [2.45, 2.75) is 45.3 Å². The summed E-state index contributed by atoms with van der Waals surface area (Å²) >= 11 is 12.4. The van der Waals surface area contributed by atoms with E-state index >= 15 is 0 Å². The van der Waals surface area contributed by atoms with Crippen molar-refractivity contribution in [3.8, 4) is 11.5 Å². The number of nitrogens with one attached hydrogen (secondary N) is 1. The summed E-state index contributed by atoms with van der Waals surface area (Å²) in [6.45, 7) is 3.97. The van der Waals surface area contributed by atoms with E-state index in [1.807, 2.05) is 44.2 Å². The van der Waals surface area contributed by atoms with Crippen molar-refractivity contribution < 1.29 is 27.5 Å². The summed E-state index contributed by atoms with van der Waals surface area (Å²) in [5.74, 6) is -0.0588. The number of benzene rings is 3. The van der Waals surface area contributed by atoms with Crippen molar-refractivity contribution >= 4 is 50.7 Å². The number of ether oxygens (including phenoxy) is 2. The van der Waals surface area contributed by atoms with E-state index in [1.54, 1.807) is 30.3 Å². The normalized spacial score (nSPS) is 14.0. The number of hydrogen-bond acceptors (Lipinski definition) is 6. The molecule has 43 heavy (non-hydrogen) atoms. The predicted octanol–water partition coefficient (Wildman–Crippen LogP) is 5.09. The molecule has 0 bridgehead atoms. The molecule has 0 saturated heterocycles. The molecule has 1 aliphatic heterocycles. The third-order valence-corrected chi connectivity index (χ3v) is 8.98. The van der Waals surface area contributed by atoms with E-state index in [1.165, 1.54) is 11.0 Å². The molecule has 1 aliphatic rings. The van der Waals surface area contributed by atoms with Crippen LogP contribution in [0, 0.1) is 0 Å². The SMILES string of the molecule is CCC(C)NC(=O)C(Cc1ccccc1)N(Cc1ccc(Cl)c(Cl)c1)C(=O)CN(c1ccc2c(c1)OCCO2)S(C)(=O)=O. The Bertz CT molecular complexity index is 1550.